The van der Waals surface area contributed by atoms with E-state index in [9.17, 15) is 38.4 Å². The molecule has 0 radical (unpaired) electrons. The van der Waals surface area contributed by atoms with Crippen molar-refractivity contribution in [2.24, 2.45) is 37.9 Å². The molecule has 0 aliphatic carbocycles. The molecule has 0 saturated heterocycles. The smallest absolute Gasteiger partial charge is 0.326 e. The Bertz CT molecular complexity index is 1490. The van der Waals surface area contributed by atoms with Crippen LogP contribution in [0.15, 0.2) is 0 Å². The highest BCUT2D eigenvalue weighted by Gasteiger charge is 2.50. The monoisotopic (exact) mass is 829 g/mol. The summed E-state index contributed by atoms with van der Waals surface area (Å²) >= 11 is 0. The Morgan fingerprint density at radius 2 is 0.534 bits per heavy atom. The minimum atomic E-state index is -1.70. The van der Waals surface area contributed by atoms with Gasteiger partial charge in [-0.05, 0) is 76.2 Å². The minimum absolute atomic E-state index is 0.0195. The van der Waals surface area contributed by atoms with Crippen LogP contribution in [0.3, 0.4) is 0 Å². The summed E-state index contributed by atoms with van der Waals surface area (Å²) in [6, 6.07) is 0. The number of hydrogen-bond acceptors (Lipinski definition) is 14. The van der Waals surface area contributed by atoms with Gasteiger partial charge in [-0.2, -0.15) is 0 Å². The van der Waals surface area contributed by atoms with Gasteiger partial charge in [-0.1, -0.05) is 62.3 Å². The third-order valence-electron chi connectivity index (χ3n) is 8.50. The van der Waals surface area contributed by atoms with E-state index in [-0.39, 0.29) is 36.2 Å². The molecule has 0 N–H and O–H groups in total. The van der Waals surface area contributed by atoms with Gasteiger partial charge in [-0.25, -0.2) is 0 Å². The number of hydrogen-bond donors (Lipinski definition) is 0. The van der Waals surface area contributed by atoms with Gasteiger partial charge in [0, 0.05) is 43.9 Å². The first kappa shape index (κ1) is 56.4. The third-order valence-corrected chi connectivity index (χ3v) is 8.50. The molecule has 0 amide bonds. The van der Waals surface area contributed by atoms with Gasteiger partial charge in [0.2, 0.25) is 0 Å². The molecule has 0 atom stereocenters. The molecule has 0 unspecified atom stereocenters. The lowest BCUT2D eigenvalue weighted by Gasteiger charge is -2.35. The Morgan fingerprint density at radius 3 is 0.741 bits per heavy atom. The second-order valence-corrected chi connectivity index (χ2v) is 21.7. The summed E-state index contributed by atoms with van der Waals surface area (Å²) in [7, 11) is 0. The second-order valence-electron chi connectivity index (χ2n) is 21.7. The molecule has 0 aliphatic heterocycles. The first-order valence-corrected chi connectivity index (χ1v) is 19.5. The number of ether oxygens (including phenoxy) is 6. The van der Waals surface area contributed by atoms with Gasteiger partial charge >= 0.3 is 29.8 Å². The van der Waals surface area contributed by atoms with Crippen LogP contribution in [0.2, 0.25) is 0 Å². The van der Waals surface area contributed by atoms with Crippen molar-refractivity contribution in [1.29, 1.82) is 0 Å². The number of carbonyl (C=O) groups is 8. The van der Waals surface area contributed by atoms with Crippen LogP contribution < -0.4 is 0 Å². The minimum Gasteiger partial charge on any atom is -0.462 e. The average Bonchev–Trinajstić information content (AvgIpc) is 2.99. The highest BCUT2D eigenvalue weighted by Crippen LogP contribution is 2.36. The fourth-order valence-corrected chi connectivity index (χ4v) is 5.28. The summed E-state index contributed by atoms with van der Waals surface area (Å²) in [6.45, 7) is 38.3. The normalized spacial score (nSPS) is 13.6. The van der Waals surface area contributed by atoms with E-state index in [1.165, 1.54) is 83.1 Å². The number of Topliss-reactive ketones (excluding diaryl/α,β-unsaturated/α-hetero) is 3. The summed E-state index contributed by atoms with van der Waals surface area (Å²) in [4.78, 5) is 100. The lowest BCUT2D eigenvalue weighted by atomic mass is 9.74. The molecular weight excluding hydrogens is 752 g/mol. The third kappa shape index (κ3) is 16.9. The van der Waals surface area contributed by atoms with Gasteiger partial charge in [0.05, 0.1) is 12.2 Å². The Balaban J connectivity index is 0. The van der Waals surface area contributed by atoms with Gasteiger partial charge in [0.15, 0.2) is 22.8 Å². The van der Waals surface area contributed by atoms with Gasteiger partial charge in [-0.15, -0.1) is 0 Å². The maximum absolute atomic E-state index is 12.6. The molecule has 0 rings (SSSR count). The maximum Gasteiger partial charge on any atom is 0.326 e. The highest BCUT2D eigenvalue weighted by atomic mass is 16.7. The number of esters is 5. The van der Waals surface area contributed by atoms with Gasteiger partial charge in [0.25, 0.3) is 11.6 Å². The zero-order valence-corrected chi connectivity index (χ0v) is 40.1. The molecule has 0 spiro atoms. The lowest BCUT2D eigenvalue weighted by Crippen LogP contribution is -2.48. The lowest BCUT2D eigenvalue weighted by molar-refractivity contribution is -0.230. The molecule has 0 aromatic rings. The van der Waals surface area contributed by atoms with E-state index in [4.69, 9.17) is 28.4 Å². The summed E-state index contributed by atoms with van der Waals surface area (Å²) < 4.78 is 31.9. The van der Waals surface area contributed by atoms with Crippen LogP contribution in [-0.4, -0.2) is 77.6 Å². The molecule has 0 aromatic heterocycles. The fourth-order valence-electron chi connectivity index (χ4n) is 5.28. The number of carbonyl (C=O) groups excluding carboxylic acids is 8. The van der Waals surface area contributed by atoms with Crippen LogP contribution in [0.5, 0.6) is 0 Å². The average molecular weight is 829 g/mol. The molecule has 0 bridgehead atoms. The van der Waals surface area contributed by atoms with Crippen molar-refractivity contribution < 1.29 is 66.8 Å². The quantitative estimate of drug-likeness (QED) is 0.0508. The van der Waals surface area contributed by atoms with Crippen LogP contribution >= 0.6 is 0 Å². The maximum atomic E-state index is 12.6. The summed E-state index contributed by atoms with van der Waals surface area (Å²) in [6.07, 6.45) is 0. The van der Waals surface area contributed by atoms with Crippen molar-refractivity contribution in [2.75, 3.05) is 13.2 Å². The summed E-state index contributed by atoms with van der Waals surface area (Å²) in [5.41, 5.74) is -8.49. The molecule has 0 heterocycles. The Labute approximate surface area is 347 Å². The van der Waals surface area contributed by atoms with Crippen LogP contribution in [0.1, 0.15) is 166 Å². The molecule has 14 nitrogen and oxygen atoms in total. The number of ketones is 3. The summed E-state index contributed by atoms with van der Waals surface area (Å²) in [5.74, 6) is -8.34. The van der Waals surface area contributed by atoms with Gasteiger partial charge in [0.1, 0.15) is 22.9 Å². The molecule has 0 aromatic carbocycles. The largest absolute Gasteiger partial charge is 0.462 e. The van der Waals surface area contributed by atoms with Crippen LogP contribution in [-0.2, 0) is 66.8 Å². The van der Waals surface area contributed by atoms with Crippen molar-refractivity contribution in [3.8, 4) is 0 Å². The molecule has 0 fully saturated rings. The Hall–Kier alpha value is -3.68. The fraction of sp³-hybridized carbons (Fsp3) is 0.818. The predicted molar refractivity (Wildman–Crippen MR) is 218 cm³/mol. The first-order chi connectivity index (χ1) is 25.1. The van der Waals surface area contributed by atoms with Gasteiger partial charge in [-0.3, -0.25) is 38.4 Å². The predicted octanol–water partition coefficient (Wildman–Crippen LogP) is 7.93. The van der Waals surface area contributed by atoms with Crippen molar-refractivity contribution in [3.05, 3.63) is 0 Å². The second kappa shape index (κ2) is 18.7. The zero-order chi connectivity index (χ0) is 47.3. The first-order valence-electron chi connectivity index (χ1n) is 19.5. The number of rotatable bonds is 15. The molecule has 14 heteroatoms. The zero-order valence-electron chi connectivity index (χ0n) is 40.1. The van der Waals surface area contributed by atoms with E-state index in [1.54, 1.807) is 62.3 Å². The van der Waals surface area contributed by atoms with E-state index in [1.807, 2.05) is 20.8 Å². The van der Waals surface area contributed by atoms with E-state index < -0.39 is 79.3 Å². The Morgan fingerprint density at radius 1 is 0.310 bits per heavy atom. The van der Waals surface area contributed by atoms with Crippen molar-refractivity contribution in [1.82, 2.24) is 0 Å². The SMILES string of the molecule is CC(C)(C)OCCOC(=O)C(C)(C)C(=O)OC(C)(C)OC(=O)C(C)(C)C(=O)C(C)(C)C.CC(C)(OC(=O)C(C)(C)C(=O)C(C)(C)C)OC(=O)C(C)(C)C(=O)C(C)(C)C. The molecular formula is C44H76O14. The van der Waals surface area contributed by atoms with E-state index in [0.29, 0.717) is 0 Å². The van der Waals surface area contributed by atoms with Crippen molar-refractivity contribution >= 4 is 47.2 Å². The molecule has 336 valence electrons. The van der Waals surface area contributed by atoms with Gasteiger partial charge < -0.3 is 28.4 Å². The standard InChI is InChI=1S/C23H40O8.C21H36O6/c1-19(2,3)15(24)21(7,8)17(26)30-23(11,12)31-18(27)22(9,10)16(25)28-13-14-29-20(4,5)6;1-17(2,3)13(22)19(7,8)15(24)26-21(11,12)27-16(25)20(9,10)14(23)18(4,5)6/h13-14H2,1-12H3;1-12H3. The topological polar surface area (TPSA) is 192 Å². The van der Waals surface area contributed by atoms with E-state index in [0.717, 1.165) is 0 Å². The summed E-state index contributed by atoms with van der Waals surface area (Å²) in [5, 5.41) is 0. The molecule has 58 heavy (non-hydrogen) atoms. The van der Waals surface area contributed by atoms with E-state index >= 15 is 0 Å². The van der Waals surface area contributed by atoms with Crippen LogP contribution in [0, 0.1) is 37.9 Å². The highest BCUT2D eigenvalue weighted by molar-refractivity contribution is 6.07. The van der Waals surface area contributed by atoms with Crippen LogP contribution in [0.4, 0.5) is 0 Å². The van der Waals surface area contributed by atoms with Crippen molar-refractivity contribution in [3.63, 3.8) is 0 Å². The van der Waals surface area contributed by atoms with Crippen molar-refractivity contribution in [2.45, 2.75) is 183 Å². The van der Waals surface area contributed by atoms with Crippen LogP contribution in [0.25, 0.3) is 0 Å². The molecule has 0 aliphatic rings. The van der Waals surface area contributed by atoms with E-state index in [2.05, 4.69) is 0 Å². The molecule has 0 saturated carbocycles. The Kier molecular flexibility index (Phi) is 18.2.